The molecule has 0 saturated heterocycles. The number of fused-ring (bicyclic) bond motifs is 1. The first-order valence-electron chi connectivity index (χ1n) is 7.44. The van der Waals surface area contributed by atoms with Crippen LogP contribution in [-0.4, -0.2) is 24.8 Å². The topological polar surface area (TPSA) is 55.8 Å². The van der Waals surface area contributed by atoms with E-state index in [0.717, 1.165) is 22.6 Å². The van der Waals surface area contributed by atoms with Gasteiger partial charge in [0.25, 0.3) is 0 Å². The molecule has 0 radical (unpaired) electrons. The third-order valence-electron chi connectivity index (χ3n) is 3.52. The molecule has 122 valence electrons. The van der Waals surface area contributed by atoms with Gasteiger partial charge in [0, 0.05) is 17.1 Å². The Morgan fingerprint density at radius 1 is 1.39 bits per heavy atom. The van der Waals surface area contributed by atoms with Crippen LogP contribution in [0.5, 0.6) is 11.5 Å². The molecule has 0 bridgehead atoms. The molecule has 4 heteroatoms. The van der Waals surface area contributed by atoms with Gasteiger partial charge >= 0.3 is 5.97 Å². The standard InChI is InChI=1S/C19H22O4/c1-13(9-18(20)21)5-6-14-11-19(2,3)12-23-17-8-7-15(22-4)10-16(14)17/h5-11H,12H2,1-4H3,(H,20,21). The lowest BCUT2D eigenvalue weighted by atomic mass is 9.90. The van der Waals surface area contributed by atoms with E-state index in [0.29, 0.717) is 12.2 Å². The summed E-state index contributed by atoms with van der Waals surface area (Å²) in [4.78, 5) is 10.7. The lowest BCUT2D eigenvalue weighted by molar-refractivity contribution is -0.131. The van der Waals surface area contributed by atoms with Crippen molar-refractivity contribution in [3.05, 3.63) is 53.6 Å². The number of hydrogen-bond donors (Lipinski definition) is 1. The van der Waals surface area contributed by atoms with Crippen LogP contribution < -0.4 is 9.47 Å². The first-order chi connectivity index (χ1) is 10.8. The van der Waals surface area contributed by atoms with Crippen molar-refractivity contribution in [3.8, 4) is 11.5 Å². The van der Waals surface area contributed by atoms with Crippen molar-refractivity contribution in [2.45, 2.75) is 20.8 Å². The molecule has 4 nitrogen and oxygen atoms in total. The number of methoxy groups -OCH3 is 1. The molecule has 1 aliphatic rings. The van der Waals surface area contributed by atoms with Gasteiger partial charge in [-0.25, -0.2) is 4.79 Å². The van der Waals surface area contributed by atoms with Gasteiger partial charge in [-0.15, -0.1) is 0 Å². The van der Waals surface area contributed by atoms with E-state index < -0.39 is 5.97 Å². The Labute approximate surface area is 136 Å². The van der Waals surface area contributed by atoms with Crippen LogP contribution in [0, 0.1) is 5.41 Å². The summed E-state index contributed by atoms with van der Waals surface area (Å²) in [5.74, 6) is 0.601. The summed E-state index contributed by atoms with van der Waals surface area (Å²) in [7, 11) is 1.63. The van der Waals surface area contributed by atoms with Crippen LogP contribution in [-0.2, 0) is 4.79 Å². The SMILES string of the molecule is COc1ccc2c(c1)C(C=CC(C)=CC(=O)O)=CC(C)(C)CO2. The van der Waals surface area contributed by atoms with Gasteiger partial charge in [-0.05, 0) is 36.3 Å². The molecule has 1 heterocycles. The normalized spacial score (nSPS) is 17.0. The fraction of sp³-hybridized carbons (Fsp3) is 0.316. The number of ether oxygens (including phenoxy) is 2. The number of hydrogen-bond acceptors (Lipinski definition) is 3. The summed E-state index contributed by atoms with van der Waals surface area (Å²) in [6.07, 6.45) is 7.04. The lowest BCUT2D eigenvalue weighted by Crippen LogP contribution is -2.17. The number of rotatable bonds is 4. The zero-order valence-electron chi connectivity index (χ0n) is 13.9. The molecule has 0 spiro atoms. The highest BCUT2D eigenvalue weighted by Gasteiger charge is 2.23. The van der Waals surface area contributed by atoms with E-state index in [-0.39, 0.29) is 5.41 Å². The van der Waals surface area contributed by atoms with Crippen molar-refractivity contribution in [1.82, 2.24) is 0 Å². The average molecular weight is 314 g/mol. The molecule has 2 rings (SSSR count). The summed E-state index contributed by atoms with van der Waals surface area (Å²) in [6.45, 7) is 6.54. The van der Waals surface area contributed by atoms with Crippen LogP contribution in [0.3, 0.4) is 0 Å². The second-order valence-electron chi connectivity index (χ2n) is 6.30. The highest BCUT2D eigenvalue weighted by atomic mass is 16.5. The number of aliphatic carboxylic acids is 1. The molecule has 0 saturated carbocycles. The first-order valence-corrected chi connectivity index (χ1v) is 7.44. The highest BCUT2D eigenvalue weighted by Crippen LogP contribution is 2.37. The zero-order valence-corrected chi connectivity index (χ0v) is 13.9. The van der Waals surface area contributed by atoms with E-state index >= 15 is 0 Å². The van der Waals surface area contributed by atoms with Crippen LogP contribution >= 0.6 is 0 Å². The zero-order chi connectivity index (χ0) is 17.0. The quantitative estimate of drug-likeness (QED) is 0.672. The molecule has 0 fully saturated rings. The largest absolute Gasteiger partial charge is 0.497 e. The Morgan fingerprint density at radius 3 is 2.78 bits per heavy atom. The van der Waals surface area contributed by atoms with Crippen LogP contribution in [0.25, 0.3) is 5.57 Å². The Kier molecular flexibility index (Phi) is 4.94. The van der Waals surface area contributed by atoms with Gasteiger partial charge in [0.2, 0.25) is 0 Å². The van der Waals surface area contributed by atoms with E-state index in [1.165, 1.54) is 6.08 Å². The fourth-order valence-corrected chi connectivity index (χ4v) is 2.39. The number of allylic oxidation sites excluding steroid dienone is 4. The smallest absolute Gasteiger partial charge is 0.328 e. The second kappa shape index (κ2) is 6.73. The van der Waals surface area contributed by atoms with Gasteiger partial charge in [-0.1, -0.05) is 32.1 Å². The second-order valence-corrected chi connectivity index (χ2v) is 6.30. The van der Waals surface area contributed by atoms with E-state index in [1.54, 1.807) is 20.1 Å². The molecule has 0 amide bonds. The molecule has 23 heavy (non-hydrogen) atoms. The molecule has 0 unspecified atom stereocenters. The predicted molar refractivity (Wildman–Crippen MR) is 90.8 cm³/mol. The summed E-state index contributed by atoms with van der Waals surface area (Å²) in [5.41, 5.74) is 2.47. The van der Waals surface area contributed by atoms with Crippen LogP contribution in [0.4, 0.5) is 0 Å². The third kappa shape index (κ3) is 4.49. The van der Waals surface area contributed by atoms with Gasteiger partial charge in [0.05, 0.1) is 13.7 Å². The summed E-state index contributed by atoms with van der Waals surface area (Å²) < 4.78 is 11.2. The van der Waals surface area contributed by atoms with Crippen LogP contribution in [0.1, 0.15) is 26.3 Å². The van der Waals surface area contributed by atoms with E-state index in [1.807, 2.05) is 24.3 Å². The minimum absolute atomic E-state index is 0.129. The molecule has 0 atom stereocenters. The maximum Gasteiger partial charge on any atom is 0.328 e. The fourth-order valence-electron chi connectivity index (χ4n) is 2.39. The minimum atomic E-state index is -0.951. The predicted octanol–water partition coefficient (Wildman–Crippen LogP) is 4.08. The average Bonchev–Trinajstić information content (AvgIpc) is 2.60. The number of carboxylic acids is 1. The molecule has 0 aromatic heterocycles. The maximum absolute atomic E-state index is 10.7. The summed E-state index contributed by atoms with van der Waals surface area (Å²) in [6, 6.07) is 5.70. The van der Waals surface area contributed by atoms with Gasteiger partial charge in [0.1, 0.15) is 11.5 Å². The van der Waals surface area contributed by atoms with Crippen molar-refractivity contribution >= 4 is 11.5 Å². The Hall–Kier alpha value is -2.49. The monoisotopic (exact) mass is 314 g/mol. The minimum Gasteiger partial charge on any atom is -0.497 e. The number of carboxylic acid groups (broad SMARTS) is 1. The molecular formula is C19H22O4. The van der Waals surface area contributed by atoms with Crippen LogP contribution in [0.15, 0.2) is 48.1 Å². The Balaban J connectivity index is 2.48. The molecule has 0 aliphatic carbocycles. The van der Waals surface area contributed by atoms with Crippen molar-refractivity contribution in [2.75, 3.05) is 13.7 Å². The molecule has 1 aliphatic heterocycles. The third-order valence-corrected chi connectivity index (χ3v) is 3.52. The van der Waals surface area contributed by atoms with Gasteiger partial charge < -0.3 is 14.6 Å². The molecule has 1 aromatic rings. The van der Waals surface area contributed by atoms with E-state index in [2.05, 4.69) is 19.9 Å². The summed E-state index contributed by atoms with van der Waals surface area (Å²) >= 11 is 0. The highest BCUT2D eigenvalue weighted by molar-refractivity contribution is 5.83. The van der Waals surface area contributed by atoms with E-state index in [9.17, 15) is 4.79 Å². The molecule has 1 N–H and O–H groups in total. The van der Waals surface area contributed by atoms with Crippen molar-refractivity contribution in [1.29, 1.82) is 0 Å². The maximum atomic E-state index is 10.7. The lowest BCUT2D eigenvalue weighted by Gasteiger charge is -2.18. The number of benzene rings is 1. The van der Waals surface area contributed by atoms with Crippen LogP contribution in [0.2, 0.25) is 0 Å². The first kappa shape index (κ1) is 16.9. The van der Waals surface area contributed by atoms with Gasteiger partial charge in [0.15, 0.2) is 0 Å². The van der Waals surface area contributed by atoms with E-state index in [4.69, 9.17) is 14.6 Å². The Bertz CT molecular complexity index is 693. The summed E-state index contributed by atoms with van der Waals surface area (Å²) in [5, 5.41) is 8.81. The number of carbonyl (C=O) groups is 1. The van der Waals surface area contributed by atoms with Crippen molar-refractivity contribution < 1.29 is 19.4 Å². The van der Waals surface area contributed by atoms with Gasteiger partial charge in [-0.2, -0.15) is 0 Å². The molecular weight excluding hydrogens is 292 g/mol. The Morgan fingerprint density at radius 2 is 2.13 bits per heavy atom. The van der Waals surface area contributed by atoms with Gasteiger partial charge in [-0.3, -0.25) is 0 Å². The molecule has 1 aromatic carbocycles. The van der Waals surface area contributed by atoms with Crippen molar-refractivity contribution in [3.63, 3.8) is 0 Å². The van der Waals surface area contributed by atoms with Crippen molar-refractivity contribution in [2.24, 2.45) is 5.41 Å².